The van der Waals surface area contributed by atoms with Crippen molar-refractivity contribution in [2.45, 2.75) is 64.0 Å². The molecule has 28 heavy (non-hydrogen) atoms. The highest BCUT2D eigenvalue weighted by atomic mass is 32.2. The summed E-state index contributed by atoms with van der Waals surface area (Å²) in [5.74, 6) is 1.09. The number of morpholine rings is 1. The Hall–Kier alpha value is -1.79. The summed E-state index contributed by atoms with van der Waals surface area (Å²) in [6.07, 6.45) is 0. The predicted octanol–water partition coefficient (Wildman–Crippen LogP) is 2.31. The summed E-state index contributed by atoms with van der Waals surface area (Å²) in [7, 11) is 0. The number of amides is 1. The molecule has 1 aromatic heterocycles. The van der Waals surface area contributed by atoms with Crippen LogP contribution in [-0.2, 0) is 16.1 Å². The Labute approximate surface area is 172 Å². The van der Waals surface area contributed by atoms with Gasteiger partial charge in [-0.3, -0.25) is 9.36 Å². The van der Waals surface area contributed by atoms with Crippen molar-refractivity contribution in [3.8, 4) is 6.07 Å². The van der Waals surface area contributed by atoms with Gasteiger partial charge in [-0.1, -0.05) is 39.5 Å². The first kappa shape index (κ1) is 22.5. The number of thioether (sulfide) groups is 1. The van der Waals surface area contributed by atoms with Crippen LogP contribution in [0.5, 0.6) is 0 Å². The van der Waals surface area contributed by atoms with E-state index < -0.39 is 5.54 Å². The molecule has 9 heteroatoms. The molecule has 1 aliphatic heterocycles. The Morgan fingerprint density at radius 1 is 1.29 bits per heavy atom. The standard InChI is InChI=1S/C19H32N6O2S/c1-13(2)11-25-17(24-7-9-27-10-8-24)22-23-18(25)28-15(5)16(26)21-19(6,12-20)14(3)4/h13-15H,7-11H2,1-6H3,(H,21,26). The zero-order valence-corrected chi connectivity index (χ0v) is 18.5. The zero-order chi connectivity index (χ0) is 20.9. The number of ether oxygens (including phenoxy) is 1. The van der Waals surface area contributed by atoms with E-state index in [1.54, 1.807) is 6.92 Å². The van der Waals surface area contributed by atoms with E-state index in [0.29, 0.717) is 19.1 Å². The lowest BCUT2D eigenvalue weighted by Crippen LogP contribution is -2.51. The molecule has 2 heterocycles. The lowest BCUT2D eigenvalue weighted by molar-refractivity contribution is -0.121. The van der Waals surface area contributed by atoms with Crippen molar-refractivity contribution in [3.05, 3.63) is 0 Å². The maximum absolute atomic E-state index is 12.7. The van der Waals surface area contributed by atoms with Crippen LogP contribution < -0.4 is 10.2 Å². The molecule has 0 aliphatic carbocycles. The maximum Gasteiger partial charge on any atom is 0.234 e. The second-order valence-electron chi connectivity index (χ2n) is 8.10. The fourth-order valence-electron chi connectivity index (χ4n) is 2.76. The van der Waals surface area contributed by atoms with Crippen LogP contribution in [0.15, 0.2) is 5.16 Å². The van der Waals surface area contributed by atoms with Crippen molar-refractivity contribution in [1.29, 1.82) is 5.26 Å². The molecule has 0 radical (unpaired) electrons. The predicted molar refractivity (Wildman–Crippen MR) is 110 cm³/mol. The number of anilines is 1. The smallest absolute Gasteiger partial charge is 0.234 e. The molecule has 0 spiro atoms. The molecule has 1 N–H and O–H groups in total. The molecule has 1 amide bonds. The number of aromatic nitrogens is 3. The van der Waals surface area contributed by atoms with Crippen LogP contribution in [0.2, 0.25) is 0 Å². The Kier molecular flexibility index (Phi) is 7.72. The van der Waals surface area contributed by atoms with Crippen molar-refractivity contribution < 1.29 is 9.53 Å². The van der Waals surface area contributed by atoms with Crippen molar-refractivity contribution in [1.82, 2.24) is 20.1 Å². The third kappa shape index (κ3) is 5.39. The Morgan fingerprint density at radius 3 is 2.46 bits per heavy atom. The number of nitrogens with zero attached hydrogens (tertiary/aromatic N) is 5. The highest BCUT2D eigenvalue weighted by Crippen LogP contribution is 2.28. The molecule has 8 nitrogen and oxygen atoms in total. The summed E-state index contributed by atoms with van der Waals surface area (Å²) < 4.78 is 7.53. The summed E-state index contributed by atoms with van der Waals surface area (Å²) in [5, 5.41) is 21.4. The van der Waals surface area contributed by atoms with Gasteiger partial charge in [-0.25, -0.2) is 0 Å². The van der Waals surface area contributed by atoms with Crippen LogP contribution in [0.4, 0.5) is 5.95 Å². The van der Waals surface area contributed by atoms with Gasteiger partial charge in [-0.2, -0.15) is 5.26 Å². The van der Waals surface area contributed by atoms with Gasteiger partial charge >= 0.3 is 0 Å². The first-order chi connectivity index (χ1) is 13.2. The Balaban J connectivity index is 2.17. The van der Waals surface area contributed by atoms with Crippen molar-refractivity contribution in [2.75, 3.05) is 31.2 Å². The summed E-state index contributed by atoms with van der Waals surface area (Å²) in [6, 6.07) is 2.22. The molecule has 1 aliphatic rings. The fraction of sp³-hybridized carbons (Fsp3) is 0.789. The van der Waals surface area contributed by atoms with Crippen LogP contribution in [0, 0.1) is 23.2 Å². The molecule has 1 saturated heterocycles. The van der Waals surface area contributed by atoms with E-state index in [1.807, 2.05) is 20.8 Å². The Morgan fingerprint density at radius 2 is 1.93 bits per heavy atom. The van der Waals surface area contributed by atoms with E-state index in [0.717, 1.165) is 30.7 Å². The number of hydrogen-bond donors (Lipinski definition) is 1. The normalized spacial score (nSPS) is 18.0. The first-order valence-electron chi connectivity index (χ1n) is 9.83. The monoisotopic (exact) mass is 408 g/mol. The average Bonchev–Trinajstić information content (AvgIpc) is 3.03. The van der Waals surface area contributed by atoms with E-state index in [1.165, 1.54) is 11.8 Å². The van der Waals surface area contributed by atoms with Crippen LogP contribution in [-0.4, -0.2) is 57.8 Å². The molecule has 0 aromatic carbocycles. The van der Waals surface area contributed by atoms with Crippen LogP contribution in [0.25, 0.3) is 0 Å². The van der Waals surface area contributed by atoms with Gasteiger partial charge in [0.1, 0.15) is 5.54 Å². The largest absolute Gasteiger partial charge is 0.378 e. The van der Waals surface area contributed by atoms with E-state index in [2.05, 4.69) is 44.9 Å². The maximum atomic E-state index is 12.7. The average molecular weight is 409 g/mol. The lowest BCUT2D eigenvalue weighted by atomic mass is 9.90. The van der Waals surface area contributed by atoms with Gasteiger partial charge in [0.05, 0.1) is 24.5 Å². The molecule has 1 fully saturated rings. The van der Waals surface area contributed by atoms with Crippen molar-refractivity contribution >= 4 is 23.6 Å². The van der Waals surface area contributed by atoms with Gasteiger partial charge in [0.2, 0.25) is 11.9 Å². The van der Waals surface area contributed by atoms with E-state index >= 15 is 0 Å². The quantitative estimate of drug-likeness (QED) is 0.659. The van der Waals surface area contributed by atoms with Gasteiger partial charge in [-0.05, 0) is 25.7 Å². The van der Waals surface area contributed by atoms with Crippen LogP contribution >= 0.6 is 11.8 Å². The minimum Gasteiger partial charge on any atom is -0.378 e. The summed E-state index contributed by atoms with van der Waals surface area (Å²) in [4.78, 5) is 14.9. The number of carbonyl (C=O) groups is 1. The third-order valence-electron chi connectivity index (χ3n) is 4.96. The SMILES string of the molecule is CC(C)Cn1c(SC(C)C(=O)NC(C)(C#N)C(C)C)nnc1N1CCOCC1. The molecular weight excluding hydrogens is 376 g/mol. The highest BCUT2D eigenvalue weighted by molar-refractivity contribution is 8.00. The molecule has 1 aromatic rings. The minimum atomic E-state index is -0.892. The third-order valence-corrected chi connectivity index (χ3v) is 6.04. The summed E-state index contributed by atoms with van der Waals surface area (Å²) in [5.41, 5.74) is -0.892. The van der Waals surface area contributed by atoms with Crippen LogP contribution in [0.3, 0.4) is 0 Å². The molecule has 2 atom stereocenters. The van der Waals surface area contributed by atoms with Crippen molar-refractivity contribution in [3.63, 3.8) is 0 Å². The number of rotatable bonds is 8. The topological polar surface area (TPSA) is 96.1 Å². The number of carbonyl (C=O) groups excluding carboxylic acids is 1. The summed E-state index contributed by atoms with van der Waals surface area (Å²) in [6.45, 7) is 15.4. The van der Waals surface area contributed by atoms with Gasteiger partial charge in [0, 0.05) is 19.6 Å². The molecule has 0 bridgehead atoms. The number of nitrogens with one attached hydrogen (secondary N) is 1. The first-order valence-corrected chi connectivity index (χ1v) is 10.7. The van der Waals surface area contributed by atoms with E-state index in [9.17, 15) is 10.1 Å². The molecular formula is C19H32N6O2S. The molecule has 2 rings (SSSR count). The van der Waals surface area contributed by atoms with Crippen molar-refractivity contribution in [2.24, 2.45) is 11.8 Å². The fourth-order valence-corrected chi connectivity index (χ4v) is 3.61. The van der Waals surface area contributed by atoms with Gasteiger partial charge in [-0.15, -0.1) is 10.2 Å². The Bertz CT molecular complexity index is 708. The van der Waals surface area contributed by atoms with Crippen LogP contribution in [0.1, 0.15) is 41.5 Å². The molecule has 2 unspecified atom stereocenters. The molecule has 156 valence electrons. The lowest BCUT2D eigenvalue weighted by Gasteiger charge is -2.29. The summed E-state index contributed by atoms with van der Waals surface area (Å²) >= 11 is 1.38. The van der Waals surface area contributed by atoms with E-state index in [-0.39, 0.29) is 17.1 Å². The van der Waals surface area contributed by atoms with Gasteiger partial charge < -0.3 is 15.0 Å². The minimum absolute atomic E-state index is 0.0103. The van der Waals surface area contributed by atoms with Gasteiger partial charge in [0.25, 0.3) is 0 Å². The highest BCUT2D eigenvalue weighted by Gasteiger charge is 2.32. The second-order valence-corrected chi connectivity index (χ2v) is 9.41. The zero-order valence-electron chi connectivity index (χ0n) is 17.7. The number of nitriles is 1. The molecule has 0 saturated carbocycles. The van der Waals surface area contributed by atoms with E-state index in [4.69, 9.17) is 4.74 Å². The number of hydrogen-bond acceptors (Lipinski definition) is 7. The second kappa shape index (κ2) is 9.61. The van der Waals surface area contributed by atoms with Gasteiger partial charge in [0.15, 0.2) is 5.16 Å².